The lowest BCUT2D eigenvalue weighted by atomic mass is 9.84. The van der Waals surface area contributed by atoms with E-state index in [9.17, 15) is 4.79 Å². The first kappa shape index (κ1) is 16.7. The Labute approximate surface area is 153 Å². The van der Waals surface area contributed by atoms with E-state index in [4.69, 9.17) is 16.4 Å². The summed E-state index contributed by atoms with van der Waals surface area (Å²) < 4.78 is 6.20. The first-order chi connectivity index (χ1) is 12.6. The maximum absolute atomic E-state index is 12.5. The third-order valence-corrected chi connectivity index (χ3v) is 5.82. The van der Waals surface area contributed by atoms with Crippen LogP contribution in [-0.2, 0) is 21.7 Å². The molecule has 3 aliphatic heterocycles. The molecule has 1 aromatic carbocycles. The van der Waals surface area contributed by atoms with Gasteiger partial charge in [0.1, 0.15) is 11.4 Å². The number of fused-ring (bicyclic) bond motifs is 2. The molecule has 26 heavy (non-hydrogen) atoms. The van der Waals surface area contributed by atoms with Gasteiger partial charge >= 0.3 is 0 Å². The summed E-state index contributed by atoms with van der Waals surface area (Å²) in [5.74, 6) is 3.21. The van der Waals surface area contributed by atoms with Crippen molar-refractivity contribution in [2.24, 2.45) is 0 Å². The van der Waals surface area contributed by atoms with Crippen molar-refractivity contribution in [2.75, 3.05) is 13.1 Å². The summed E-state index contributed by atoms with van der Waals surface area (Å²) in [6.07, 6.45) is 9.07. The molecule has 5 heteroatoms. The Morgan fingerprint density at radius 1 is 1.27 bits per heavy atom. The number of nitrogens with zero attached hydrogens (tertiary/aromatic N) is 2. The molecule has 4 rings (SSSR count). The zero-order chi connectivity index (χ0) is 18.2. The predicted octanol–water partition coefficient (Wildman–Crippen LogP) is 2.20. The molecule has 5 nitrogen and oxygen atoms in total. The van der Waals surface area contributed by atoms with E-state index in [2.05, 4.69) is 46.5 Å². The van der Waals surface area contributed by atoms with Gasteiger partial charge in [-0.15, -0.1) is 12.3 Å². The molecule has 0 bridgehead atoms. The van der Waals surface area contributed by atoms with Gasteiger partial charge in [-0.25, -0.2) is 0 Å². The topological polar surface area (TPSA) is 65.4 Å². The number of ether oxygens (including phenoxy) is 1. The molecule has 1 unspecified atom stereocenters. The van der Waals surface area contributed by atoms with E-state index in [-0.39, 0.29) is 24.2 Å². The molecule has 0 amide bonds. The summed E-state index contributed by atoms with van der Waals surface area (Å²) >= 11 is 0. The molecule has 3 aliphatic rings. The summed E-state index contributed by atoms with van der Waals surface area (Å²) in [5.41, 5.74) is 1.40. The largest absolute Gasteiger partial charge is 0.365 e. The number of likely N-dealkylation sites (tertiary alicyclic amines) is 1. The zero-order valence-electron chi connectivity index (χ0n) is 14.6. The molecule has 1 aromatic rings. The average molecular weight is 347 g/mol. The Kier molecular flexibility index (Phi) is 3.98. The summed E-state index contributed by atoms with van der Waals surface area (Å²) in [7, 11) is 0. The van der Waals surface area contributed by atoms with Gasteiger partial charge in [-0.1, -0.05) is 24.3 Å². The van der Waals surface area contributed by atoms with Crippen LogP contribution in [0.15, 0.2) is 36.2 Å². The molecular weight excluding hydrogens is 326 g/mol. The molecule has 1 saturated heterocycles. The van der Waals surface area contributed by atoms with Gasteiger partial charge in [-0.05, 0) is 24.0 Å². The third-order valence-electron chi connectivity index (χ3n) is 5.82. The molecule has 3 heterocycles. The maximum Gasteiger partial charge on any atom is 0.186 e. The monoisotopic (exact) mass is 347 g/mol. The number of carbonyl (C=O) groups is 1. The minimum Gasteiger partial charge on any atom is -0.365 e. The number of benzene rings is 1. The van der Waals surface area contributed by atoms with E-state index < -0.39 is 5.54 Å². The highest BCUT2D eigenvalue weighted by atomic mass is 16.5. The number of nitrogens with one attached hydrogen (secondary N) is 1. The Hall–Kier alpha value is -2.76. The van der Waals surface area contributed by atoms with Crippen LogP contribution in [0.5, 0.6) is 0 Å². The van der Waals surface area contributed by atoms with Gasteiger partial charge in [0.25, 0.3) is 0 Å². The number of rotatable bonds is 3. The van der Waals surface area contributed by atoms with E-state index >= 15 is 0 Å². The second kappa shape index (κ2) is 6.20. The molecule has 1 N–H and O–H groups in total. The first-order valence-electron chi connectivity index (χ1n) is 8.94. The van der Waals surface area contributed by atoms with Crippen LogP contribution in [0, 0.1) is 23.7 Å². The molecule has 0 aliphatic carbocycles. The van der Waals surface area contributed by atoms with E-state index in [1.807, 2.05) is 0 Å². The molecule has 1 fully saturated rings. The minimum atomic E-state index is -0.968. The average Bonchev–Trinajstić information content (AvgIpc) is 3.16. The Bertz CT molecular complexity index is 835. The molecule has 1 atom stereocenters. The highest BCUT2D eigenvalue weighted by Crippen LogP contribution is 2.44. The number of terminal acetylenes is 1. The smallest absolute Gasteiger partial charge is 0.186 e. The summed E-state index contributed by atoms with van der Waals surface area (Å²) in [5, 5.41) is 12.4. The van der Waals surface area contributed by atoms with Crippen molar-refractivity contribution in [3.63, 3.8) is 0 Å². The number of piperidine rings is 1. The lowest BCUT2D eigenvalue weighted by Crippen LogP contribution is -2.50. The summed E-state index contributed by atoms with van der Waals surface area (Å²) in [6, 6.07) is 10.5. The van der Waals surface area contributed by atoms with Gasteiger partial charge in [-0.3, -0.25) is 4.79 Å². The van der Waals surface area contributed by atoms with Gasteiger partial charge < -0.3 is 15.0 Å². The zero-order valence-corrected chi connectivity index (χ0v) is 14.6. The number of nitriles is 1. The van der Waals surface area contributed by atoms with Crippen molar-refractivity contribution in [2.45, 2.75) is 43.4 Å². The molecule has 0 saturated carbocycles. The van der Waals surface area contributed by atoms with Crippen LogP contribution in [0.25, 0.3) is 0 Å². The van der Waals surface area contributed by atoms with Crippen LogP contribution in [0.4, 0.5) is 0 Å². The van der Waals surface area contributed by atoms with Crippen LogP contribution < -0.4 is 5.32 Å². The number of hydrogen-bond donors (Lipinski definition) is 1. The predicted molar refractivity (Wildman–Crippen MR) is 96.4 cm³/mol. The highest BCUT2D eigenvalue weighted by Gasteiger charge is 2.46. The fraction of sp³-hybridized carbons (Fsp3) is 0.429. The quantitative estimate of drug-likeness (QED) is 0.849. The Morgan fingerprint density at radius 3 is 2.77 bits per heavy atom. The van der Waals surface area contributed by atoms with Gasteiger partial charge in [0.2, 0.25) is 0 Å². The lowest BCUT2D eigenvalue weighted by Gasteiger charge is -2.41. The van der Waals surface area contributed by atoms with Crippen LogP contribution in [0.3, 0.4) is 0 Å². The fourth-order valence-electron chi connectivity index (χ4n) is 4.32. The summed E-state index contributed by atoms with van der Waals surface area (Å²) in [6.45, 7) is 2.25. The minimum absolute atomic E-state index is 0.0737. The number of ketones is 1. The molecule has 0 radical (unpaired) electrons. The molecule has 1 spiro atoms. The SMILES string of the molecule is C#CCC1(CC#N)NC(N2CCC3(CC2)OCc2ccccc23)=CC1=O. The second-order valence-corrected chi connectivity index (χ2v) is 7.24. The summed E-state index contributed by atoms with van der Waals surface area (Å²) in [4.78, 5) is 14.7. The standard InChI is InChI=1S/C21H21N3O2/c1-2-7-20(8-11-22)18(25)14-19(23-20)24-12-9-21(10-13-24)17-6-4-3-5-16(17)15-26-21/h1,3-6,14,23H,7-10,12-13,15H2. The van der Waals surface area contributed by atoms with Gasteiger partial charge in [0.05, 0.1) is 24.7 Å². The fourth-order valence-corrected chi connectivity index (χ4v) is 4.32. The first-order valence-corrected chi connectivity index (χ1v) is 8.94. The maximum atomic E-state index is 12.5. The molecular formula is C21H21N3O2. The van der Waals surface area contributed by atoms with Crippen LogP contribution in [-0.4, -0.2) is 29.3 Å². The number of carbonyl (C=O) groups excluding carboxylic acids is 1. The van der Waals surface area contributed by atoms with Crippen molar-refractivity contribution in [3.05, 3.63) is 47.3 Å². The van der Waals surface area contributed by atoms with Crippen LogP contribution in [0.1, 0.15) is 36.8 Å². The second-order valence-electron chi connectivity index (χ2n) is 7.24. The highest BCUT2D eigenvalue weighted by molar-refractivity contribution is 6.01. The molecule has 132 valence electrons. The Balaban J connectivity index is 1.48. The van der Waals surface area contributed by atoms with Crippen LogP contribution >= 0.6 is 0 Å². The van der Waals surface area contributed by atoms with Gasteiger partial charge in [0.15, 0.2) is 5.78 Å². The van der Waals surface area contributed by atoms with Crippen molar-refractivity contribution in [3.8, 4) is 18.4 Å². The van der Waals surface area contributed by atoms with Crippen molar-refractivity contribution in [1.29, 1.82) is 5.26 Å². The van der Waals surface area contributed by atoms with E-state index in [0.29, 0.717) is 6.61 Å². The van der Waals surface area contributed by atoms with E-state index in [1.54, 1.807) is 6.08 Å². The Morgan fingerprint density at radius 2 is 2.04 bits per heavy atom. The lowest BCUT2D eigenvalue weighted by molar-refractivity contribution is -0.119. The third kappa shape index (κ3) is 2.48. The van der Waals surface area contributed by atoms with Crippen molar-refractivity contribution >= 4 is 5.78 Å². The van der Waals surface area contributed by atoms with Crippen molar-refractivity contribution in [1.82, 2.24) is 10.2 Å². The van der Waals surface area contributed by atoms with Gasteiger partial charge in [-0.2, -0.15) is 5.26 Å². The van der Waals surface area contributed by atoms with Crippen molar-refractivity contribution < 1.29 is 9.53 Å². The molecule has 0 aromatic heterocycles. The number of hydrogen-bond acceptors (Lipinski definition) is 5. The van der Waals surface area contributed by atoms with Crippen LogP contribution in [0.2, 0.25) is 0 Å². The van der Waals surface area contributed by atoms with E-state index in [1.165, 1.54) is 11.1 Å². The van der Waals surface area contributed by atoms with E-state index in [0.717, 1.165) is 31.8 Å². The normalized spacial score (nSPS) is 26.0. The van der Waals surface area contributed by atoms with Gasteiger partial charge in [0, 0.05) is 25.6 Å².